The van der Waals surface area contributed by atoms with E-state index < -0.39 is 26.5 Å². The van der Waals surface area contributed by atoms with Gasteiger partial charge in [-0.3, -0.25) is 18.6 Å². The topological polar surface area (TPSA) is 108 Å². The highest BCUT2D eigenvalue weighted by molar-refractivity contribution is 7.47. The summed E-state index contributed by atoms with van der Waals surface area (Å²) in [6.45, 7) is 4.31. The first kappa shape index (κ1) is 80.2. The fourth-order valence-corrected chi connectivity index (χ4v) is 9.72. The van der Waals surface area contributed by atoms with E-state index in [1.54, 1.807) is 0 Å². The molecule has 0 saturated carbocycles. The average Bonchev–Trinajstić information content (AvgIpc) is 3.61. The Morgan fingerprint density at radius 2 is 0.679 bits per heavy atom. The Labute approximate surface area is 517 Å². The van der Waals surface area contributed by atoms with Crippen LogP contribution in [0.4, 0.5) is 0 Å². The van der Waals surface area contributed by atoms with Gasteiger partial charge in [0, 0.05) is 12.8 Å². The zero-order valence-electron chi connectivity index (χ0n) is 54.6. The summed E-state index contributed by atoms with van der Waals surface area (Å²) in [5.74, 6) is -0.817. The maximum atomic E-state index is 12.9. The Balaban J connectivity index is 4.16. The van der Waals surface area contributed by atoms with Crippen LogP contribution in [0.25, 0.3) is 0 Å². The van der Waals surface area contributed by atoms with Gasteiger partial charge in [0.25, 0.3) is 0 Å². The van der Waals surface area contributed by atoms with E-state index in [0.717, 1.165) is 122 Å². The molecular weight excluding hydrogens is 1060 g/mol. The number of ether oxygens (including phenoxy) is 2. The lowest BCUT2D eigenvalue weighted by Crippen LogP contribution is -2.37. The molecule has 0 saturated heterocycles. The summed E-state index contributed by atoms with van der Waals surface area (Å²) in [7, 11) is 1.45. The molecule has 0 rings (SSSR count). The van der Waals surface area contributed by atoms with Crippen molar-refractivity contribution >= 4 is 19.8 Å². The Kier molecular flexibility index (Phi) is 60.7. The van der Waals surface area contributed by atoms with Crippen LogP contribution in [0.3, 0.4) is 0 Å². The third kappa shape index (κ3) is 67.3. The number of unbranched alkanes of at least 4 members (excludes halogenated alkanes) is 25. The molecule has 1 N–H and O–H groups in total. The van der Waals surface area contributed by atoms with E-state index in [0.29, 0.717) is 17.4 Å². The molecule has 0 aliphatic rings. The zero-order chi connectivity index (χ0) is 61.2. The molecule has 0 bridgehead atoms. The standard InChI is InChI=1S/C74H126NO8P/c1-6-8-10-12-14-16-18-20-22-24-26-28-30-31-32-33-34-35-36-37-38-39-40-41-42-43-45-47-49-51-53-55-57-59-61-63-65-67-74(77)83-72(71-82-84(78,79)81-69-68-75(3,4)5)70-80-73(76)66-64-62-60-58-56-54-52-50-48-46-44-29-27-25-23-21-19-17-15-13-11-9-7-2/h8,10,14,16,20,22,25-28,31-32,34-35,37-38,40-41,43,45,49,51,72H,6-7,9,11-13,15,17-19,21,23-24,29-30,33,36,39,42,44,46-48,50,52-71H2,1-5H3/p+1/b10-8-,16-14-,22-20-,27-25-,28-26-,32-31-,35-34-,38-37-,41-40-,45-43-,51-49-. The quantitative estimate of drug-likeness (QED) is 0.0211. The van der Waals surface area contributed by atoms with Crippen molar-refractivity contribution in [3.8, 4) is 0 Å². The van der Waals surface area contributed by atoms with Gasteiger partial charge in [-0.1, -0.05) is 276 Å². The lowest BCUT2D eigenvalue weighted by molar-refractivity contribution is -0.870. The molecule has 10 heteroatoms. The molecule has 2 atom stereocenters. The van der Waals surface area contributed by atoms with Crippen molar-refractivity contribution in [2.45, 2.75) is 277 Å². The second-order valence-electron chi connectivity index (χ2n) is 23.5. The lowest BCUT2D eigenvalue weighted by atomic mass is 10.0. The number of phosphoric ester groups is 1. The van der Waals surface area contributed by atoms with Crippen LogP contribution in [-0.4, -0.2) is 74.9 Å². The predicted molar refractivity (Wildman–Crippen MR) is 362 cm³/mol. The molecule has 2 unspecified atom stereocenters. The summed E-state index contributed by atoms with van der Waals surface area (Å²) in [6, 6.07) is 0. The molecule has 9 nitrogen and oxygen atoms in total. The molecule has 480 valence electrons. The summed E-state index contributed by atoms with van der Waals surface area (Å²) in [5.41, 5.74) is 0. The Morgan fingerprint density at radius 1 is 0.381 bits per heavy atom. The maximum absolute atomic E-state index is 12.9. The van der Waals surface area contributed by atoms with E-state index >= 15 is 0 Å². The molecule has 0 spiro atoms. The van der Waals surface area contributed by atoms with Crippen molar-refractivity contribution in [3.05, 3.63) is 134 Å². The van der Waals surface area contributed by atoms with Crippen LogP contribution < -0.4 is 0 Å². The van der Waals surface area contributed by atoms with Crippen molar-refractivity contribution in [3.63, 3.8) is 0 Å². The van der Waals surface area contributed by atoms with Crippen LogP contribution >= 0.6 is 7.82 Å². The van der Waals surface area contributed by atoms with Gasteiger partial charge in [0.15, 0.2) is 6.10 Å². The van der Waals surface area contributed by atoms with Crippen LogP contribution in [0.1, 0.15) is 271 Å². The number of carbonyl (C=O) groups is 2. The summed E-state index contributed by atoms with van der Waals surface area (Å²) in [4.78, 5) is 35.8. The number of esters is 2. The summed E-state index contributed by atoms with van der Waals surface area (Å²) < 4.78 is 34.7. The molecule has 0 heterocycles. The fraction of sp³-hybridized carbons (Fsp3) is 0.676. The van der Waals surface area contributed by atoms with Gasteiger partial charge in [0.1, 0.15) is 19.8 Å². The molecule has 0 aliphatic carbocycles. The number of carbonyl (C=O) groups excluding carboxylic acids is 2. The maximum Gasteiger partial charge on any atom is 0.472 e. The summed E-state index contributed by atoms with van der Waals surface area (Å²) in [6.07, 6.45) is 92.5. The molecule has 0 amide bonds. The first-order chi connectivity index (χ1) is 41.0. The van der Waals surface area contributed by atoms with Crippen LogP contribution in [0.15, 0.2) is 134 Å². The minimum atomic E-state index is -4.40. The highest BCUT2D eigenvalue weighted by Crippen LogP contribution is 2.43. The highest BCUT2D eigenvalue weighted by Gasteiger charge is 2.27. The van der Waals surface area contributed by atoms with Gasteiger partial charge in [-0.15, -0.1) is 0 Å². The van der Waals surface area contributed by atoms with Crippen molar-refractivity contribution in [2.75, 3.05) is 47.5 Å². The Hall–Kier alpha value is -3.85. The molecule has 0 aromatic heterocycles. The predicted octanol–water partition coefficient (Wildman–Crippen LogP) is 22.0. The van der Waals surface area contributed by atoms with E-state index in [9.17, 15) is 19.0 Å². The van der Waals surface area contributed by atoms with Gasteiger partial charge in [-0.25, -0.2) is 4.57 Å². The SMILES string of the molecule is CC/C=C\C/C=C\C/C=C\C/C=C\C/C=C\C/C=C\C/C=C\C/C=C\C/C=C\C/C=C\CCCCCCCCC(=O)OC(COC(=O)CCCCCCCCCCCCC/C=C\CCCCCCCCCC)COP(=O)(O)OCC[N+](C)(C)C. The molecule has 0 radical (unpaired) electrons. The minimum absolute atomic E-state index is 0.0224. The second-order valence-corrected chi connectivity index (χ2v) is 24.9. The number of hydrogen-bond acceptors (Lipinski definition) is 7. The molecule has 0 aromatic rings. The average molecular weight is 1190 g/mol. The fourth-order valence-electron chi connectivity index (χ4n) is 8.98. The van der Waals surface area contributed by atoms with Gasteiger partial charge in [-0.2, -0.15) is 0 Å². The van der Waals surface area contributed by atoms with Crippen molar-refractivity contribution in [1.29, 1.82) is 0 Å². The van der Waals surface area contributed by atoms with Crippen LogP contribution in [0.5, 0.6) is 0 Å². The Bertz CT molecular complexity index is 1880. The molecule has 0 aromatic carbocycles. The van der Waals surface area contributed by atoms with E-state index in [-0.39, 0.29) is 32.0 Å². The van der Waals surface area contributed by atoms with Gasteiger partial charge < -0.3 is 18.9 Å². The Morgan fingerprint density at radius 3 is 1.02 bits per heavy atom. The second kappa shape index (κ2) is 63.6. The molecule has 0 fully saturated rings. The van der Waals surface area contributed by atoms with Gasteiger partial charge in [0.2, 0.25) is 0 Å². The molecular formula is C74H127NO8P+. The monoisotopic (exact) mass is 1190 g/mol. The van der Waals surface area contributed by atoms with Gasteiger partial charge in [0.05, 0.1) is 27.7 Å². The third-order valence-electron chi connectivity index (χ3n) is 14.2. The van der Waals surface area contributed by atoms with Crippen LogP contribution in [0, 0.1) is 0 Å². The van der Waals surface area contributed by atoms with Gasteiger partial charge in [-0.05, 0) is 116 Å². The lowest BCUT2D eigenvalue weighted by Gasteiger charge is -2.24. The first-order valence-corrected chi connectivity index (χ1v) is 35.4. The van der Waals surface area contributed by atoms with E-state index in [1.807, 2.05) is 21.1 Å². The number of hydrogen-bond donors (Lipinski definition) is 1. The van der Waals surface area contributed by atoms with E-state index in [1.165, 1.54) is 116 Å². The van der Waals surface area contributed by atoms with Crippen molar-refractivity contribution in [1.82, 2.24) is 0 Å². The summed E-state index contributed by atoms with van der Waals surface area (Å²) >= 11 is 0. The smallest absolute Gasteiger partial charge is 0.462 e. The minimum Gasteiger partial charge on any atom is -0.462 e. The number of phosphoric acid groups is 1. The first-order valence-electron chi connectivity index (χ1n) is 33.9. The highest BCUT2D eigenvalue weighted by atomic mass is 31.2. The van der Waals surface area contributed by atoms with Crippen molar-refractivity contribution < 1.29 is 42.1 Å². The number of likely N-dealkylation sites (N-methyl/N-ethyl adjacent to an activating group) is 1. The normalized spacial score (nSPS) is 14.0. The van der Waals surface area contributed by atoms with Crippen molar-refractivity contribution in [2.24, 2.45) is 0 Å². The molecule has 84 heavy (non-hydrogen) atoms. The number of rotatable bonds is 61. The van der Waals surface area contributed by atoms with E-state index in [4.69, 9.17) is 18.5 Å². The van der Waals surface area contributed by atoms with E-state index in [2.05, 4.69) is 148 Å². The number of quaternary nitrogens is 1. The summed E-state index contributed by atoms with van der Waals surface area (Å²) in [5, 5.41) is 0. The number of allylic oxidation sites excluding steroid dienone is 22. The van der Waals surface area contributed by atoms with Crippen LogP contribution in [-0.2, 0) is 32.7 Å². The van der Waals surface area contributed by atoms with Crippen LogP contribution in [0.2, 0.25) is 0 Å². The molecule has 0 aliphatic heterocycles. The third-order valence-corrected chi connectivity index (χ3v) is 15.1. The number of nitrogens with zero attached hydrogens (tertiary/aromatic N) is 1. The largest absolute Gasteiger partial charge is 0.472 e. The van der Waals surface area contributed by atoms with Gasteiger partial charge >= 0.3 is 19.8 Å². The zero-order valence-corrected chi connectivity index (χ0v) is 55.5.